The van der Waals surface area contributed by atoms with Crippen molar-refractivity contribution in [3.8, 4) is 17.1 Å². The molecule has 0 amide bonds. The highest BCUT2D eigenvalue weighted by molar-refractivity contribution is 5.66. The molecule has 1 aromatic heterocycles. The molecule has 6 heteroatoms. The van der Waals surface area contributed by atoms with E-state index >= 15 is 0 Å². The molecule has 144 valence electrons. The van der Waals surface area contributed by atoms with Crippen LogP contribution in [0.5, 0.6) is 5.75 Å². The first-order valence-electron chi connectivity index (χ1n) is 9.44. The topological polar surface area (TPSA) is 58.4 Å². The Morgan fingerprint density at radius 2 is 1.86 bits per heavy atom. The van der Waals surface area contributed by atoms with E-state index in [4.69, 9.17) is 0 Å². The second-order valence-corrected chi connectivity index (χ2v) is 7.04. The molecule has 1 aliphatic heterocycles. The molecule has 2 aromatic carbocycles. The molecule has 1 fully saturated rings. The van der Waals surface area contributed by atoms with Crippen molar-refractivity contribution in [2.24, 2.45) is 0 Å². The predicted molar refractivity (Wildman–Crippen MR) is 107 cm³/mol. The number of para-hydroxylation sites is 1. The van der Waals surface area contributed by atoms with Crippen LogP contribution in [0, 0.1) is 12.7 Å². The third-order valence-corrected chi connectivity index (χ3v) is 5.19. The van der Waals surface area contributed by atoms with Crippen LogP contribution in [0.15, 0.2) is 53.3 Å². The van der Waals surface area contributed by atoms with Crippen molar-refractivity contribution in [3.05, 3.63) is 76.0 Å². The fourth-order valence-corrected chi connectivity index (χ4v) is 3.55. The van der Waals surface area contributed by atoms with Crippen LogP contribution < -0.4 is 10.5 Å². The maximum Gasteiger partial charge on any atom is 0.277 e. The van der Waals surface area contributed by atoms with Crippen molar-refractivity contribution in [2.45, 2.75) is 26.3 Å². The lowest BCUT2D eigenvalue weighted by Gasteiger charge is -2.34. The van der Waals surface area contributed by atoms with Gasteiger partial charge in [-0.15, -0.1) is 0 Å². The van der Waals surface area contributed by atoms with Gasteiger partial charge in [0.2, 0.25) is 0 Å². The first-order chi connectivity index (χ1) is 13.6. The number of hydrogen-bond acceptors (Lipinski definition) is 4. The highest BCUT2D eigenvalue weighted by atomic mass is 19.1. The van der Waals surface area contributed by atoms with Crippen molar-refractivity contribution >= 4 is 5.69 Å². The minimum absolute atomic E-state index is 0.151. The summed E-state index contributed by atoms with van der Waals surface area (Å²) in [5.74, 6) is -0.926. The number of anilines is 1. The van der Waals surface area contributed by atoms with E-state index in [1.165, 1.54) is 12.1 Å². The van der Waals surface area contributed by atoms with Crippen LogP contribution >= 0.6 is 0 Å². The van der Waals surface area contributed by atoms with Gasteiger partial charge in [0, 0.05) is 19.6 Å². The fourth-order valence-electron chi connectivity index (χ4n) is 3.55. The van der Waals surface area contributed by atoms with Gasteiger partial charge in [0.05, 0.1) is 11.3 Å². The first-order valence-corrected chi connectivity index (χ1v) is 9.44. The summed E-state index contributed by atoms with van der Waals surface area (Å²) in [6.45, 7) is 3.85. The minimum Gasteiger partial charge on any atom is -0.504 e. The molecule has 1 aliphatic rings. The minimum atomic E-state index is -0.731. The normalized spacial score (nSPS) is 13.4. The Kier molecular flexibility index (Phi) is 4.86. The van der Waals surface area contributed by atoms with Crippen LogP contribution in [0.2, 0.25) is 0 Å². The Labute approximate surface area is 162 Å². The van der Waals surface area contributed by atoms with Crippen LogP contribution in [0.4, 0.5) is 10.1 Å². The third kappa shape index (κ3) is 3.26. The van der Waals surface area contributed by atoms with E-state index in [2.05, 4.69) is 4.98 Å². The highest BCUT2D eigenvalue weighted by Crippen LogP contribution is 2.31. The summed E-state index contributed by atoms with van der Waals surface area (Å²) in [5.41, 5.74) is 2.36. The summed E-state index contributed by atoms with van der Waals surface area (Å²) in [6, 6.07) is 14.1. The number of phenolic OH excluding ortho intramolecular Hbond substituents is 1. The van der Waals surface area contributed by atoms with Gasteiger partial charge < -0.3 is 10.0 Å². The number of benzene rings is 2. The Morgan fingerprint density at radius 3 is 2.54 bits per heavy atom. The molecule has 0 aliphatic carbocycles. The molecular formula is C22H22FN3O2. The van der Waals surface area contributed by atoms with Gasteiger partial charge in [-0.1, -0.05) is 36.4 Å². The largest absolute Gasteiger partial charge is 0.504 e. The zero-order chi connectivity index (χ0) is 19.7. The lowest BCUT2D eigenvalue weighted by Crippen LogP contribution is -2.43. The average molecular weight is 379 g/mol. The zero-order valence-corrected chi connectivity index (χ0v) is 15.7. The van der Waals surface area contributed by atoms with E-state index in [1.54, 1.807) is 17.6 Å². The van der Waals surface area contributed by atoms with Gasteiger partial charge in [0.1, 0.15) is 11.5 Å². The molecule has 0 bridgehead atoms. The molecule has 0 unspecified atom stereocenters. The first kappa shape index (κ1) is 18.2. The van der Waals surface area contributed by atoms with E-state index in [0.717, 1.165) is 25.1 Å². The quantitative estimate of drug-likeness (QED) is 0.737. The maximum absolute atomic E-state index is 13.9. The van der Waals surface area contributed by atoms with Gasteiger partial charge in [0.25, 0.3) is 5.56 Å². The van der Waals surface area contributed by atoms with E-state index in [-0.39, 0.29) is 11.1 Å². The van der Waals surface area contributed by atoms with E-state index < -0.39 is 11.6 Å². The van der Waals surface area contributed by atoms with Crippen molar-refractivity contribution in [1.29, 1.82) is 0 Å². The summed E-state index contributed by atoms with van der Waals surface area (Å²) < 4.78 is 15.5. The van der Waals surface area contributed by atoms with Crippen LogP contribution in [0.1, 0.15) is 17.7 Å². The monoisotopic (exact) mass is 379 g/mol. The summed E-state index contributed by atoms with van der Waals surface area (Å²) in [7, 11) is 0. The lowest BCUT2D eigenvalue weighted by atomic mass is 10.1. The molecule has 1 N–H and O–H groups in total. The summed E-state index contributed by atoms with van der Waals surface area (Å²) in [6.07, 6.45) is 1.68. The van der Waals surface area contributed by atoms with Crippen molar-refractivity contribution in [2.75, 3.05) is 18.0 Å². The van der Waals surface area contributed by atoms with Crippen molar-refractivity contribution in [3.63, 3.8) is 0 Å². The molecule has 2 heterocycles. The average Bonchev–Trinajstić information content (AvgIpc) is 2.65. The van der Waals surface area contributed by atoms with Gasteiger partial charge >= 0.3 is 0 Å². The van der Waals surface area contributed by atoms with Crippen LogP contribution in [-0.4, -0.2) is 27.7 Å². The summed E-state index contributed by atoms with van der Waals surface area (Å²) >= 11 is 0. The van der Waals surface area contributed by atoms with Crippen LogP contribution in [0.25, 0.3) is 11.4 Å². The molecule has 28 heavy (non-hydrogen) atoms. The molecule has 3 aromatic rings. The molecule has 0 atom stereocenters. The number of rotatable bonds is 5. The Bertz CT molecular complexity index is 1060. The lowest BCUT2D eigenvalue weighted by molar-refractivity contribution is 0.433. The molecular weight excluding hydrogens is 357 g/mol. The number of phenols is 1. The smallest absolute Gasteiger partial charge is 0.277 e. The van der Waals surface area contributed by atoms with Crippen LogP contribution in [0.3, 0.4) is 0 Å². The SMILES string of the molecule is Cc1nc(-c2cccc(F)c2O)n(CCc2ccccc2)c(=O)c1N1CCC1. The van der Waals surface area contributed by atoms with Gasteiger partial charge in [-0.25, -0.2) is 9.37 Å². The molecule has 0 saturated carbocycles. The second-order valence-electron chi connectivity index (χ2n) is 7.04. The molecule has 5 nitrogen and oxygen atoms in total. The van der Waals surface area contributed by atoms with Crippen LogP contribution in [-0.2, 0) is 13.0 Å². The third-order valence-electron chi connectivity index (χ3n) is 5.19. The fraction of sp³-hybridized carbons (Fsp3) is 0.273. The van der Waals surface area contributed by atoms with Gasteiger partial charge in [-0.05, 0) is 37.5 Å². The van der Waals surface area contributed by atoms with Gasteiger partial charge in [-0.2, -0.15) is 0 Å². The van der Waals surface area contributed by atoms with E-state index in [0.29, 0.717) is 30.2 Å². The molecule has 0 radical (unpaired) electrons. The predicted octanol–water partition coefficient (Wildman–Crippen LogP) is 3.52. The Balaban J connectivity index is 1.84. The standard InChI is InChI=1S/C22H22FN3O2/c1-15-19(25-12-6-13-25)22(28)26(14-11-16-7-3-2-4-8-16)21(24-15)17-9-5-10-18(23)20(17)27/h2-5,7-10,27H,6,11-14H2,1H3. The molecule has 1 saturated heterocycles. The second kappa shape index (κ2) is 7.46. The number of nitrogens with zero attached hydrogens (tertiary/aromatic N) is 3. The number of hydrogen-bond donors (Lipinski definition) is 1. The number of aromatic hydroxyl groups is 1. The van der Waals surface area contributed by atoms with Gasteiger partial charge in [-0.3, -0.25) is 9.36 Å². The number of halogens is 1. The molecule has 4 rings (SSSR count). The Hall–Kier alpha value is -3.15. The summed E-state index contributed by atoms with van der Waals surface area (Å²) in [4.78, 5) is 20.0. The van der Waals surface area contributed by atoms with Crippen molar-refractivity contribution < 1.29 is 9.50 Å². The van der Waals surface area contributed by atoms with E-state index in [1.807, 2.05) is 35.2 Å². The molecule has 0 spiro atoms. The number of aryl methyl sites for hydroxylation is 2. The van der Waals surface area contributed by atoms with Crippen molar-refractivity contribution in [1.82, 2.24) is 9.55 Å². The number of aromatic nitrogens is 2. The maximum atomic E-state index is 13.9. The van der Waals surface area contributed by atoms with Gasteiger partial charge in [0.15, 0.2) is 11.6 Å². The summed E-state index contributed by atoms with van der Waals surface area (Å²) in [5, 5.41) is 10.2. The van der Waals surface area contributed by atoms with E-state index in [9.17, 15) is 14.3 Å². The zero-order valence-electron chi connectivity index (χ0n) is 15.7. The Morgan fingerprint density at radius 1 is 1.11 bits per heavy atom. The highest BCUT2D eigenvalue weighted by Gasteiger charge is 2.25.